The Bertz CT molecular complexity index is 880. The van der Waals surface area contributed by atoms with Gasteiger partial charge in [0.05, 0.1) is 17.7 Å². The van der Waals surface area contributed by atoms with Crippen molar-refractivity contribution >= 4 is 17.4 Å². The lowest BCUT2D eigenvalue weighted by atomic mass is 9.84. The molecule has 4 heteroatoms. The van der Waals surface area contributed by atoms with Crippen LogP contribution in [0.2, 0.25) is 0 Å². The molecule has 0 spiro atoms. The molecule has 1 aliphatic heterocycles. The van der Waals surface area contributed by atoms with Gasteiger partial charge in [-0.15, -0.1) is 0 Å². The number of aliphatic imine (C=N–C) groups is 1. The Balaban J connectivity index is 1.99. The van der Waals surface area contributed by atoms with E-state index in [9.17, 15) is 9.59 Å². The van der Waals surface area contributed by atoms with Crippen molar-refractivity contribution in [2.24, 2.45) is 4.99 Å². The number of hydrogen-bond acceptors (Lipinski definition) is 3. The molecule has 0 saturated carbocycles. The molecule has 1 amide bonds. The Hall–Kier alpha value is -2.75. The van der Waals surface area contributed by atoms with E-state index in [1.54, 1.807) is 19.0 Å². The summed E-state index contributed by atoms with van der Waals surface area (Å²) in [5.74, 6) is -0.0105. The molecule has 0 bridgehead atoms. The first-order valence-corrected chi connectivity index (χ1v) is 8.79. The third-order valence-corrected chi connectivity index (χ3v) is 4.56. The standard InChI is InChI=1S/C22H24N2O2/c1-22(2)14-17-11-10-16(21(26)24(3)4)12-18(17)19(23-22)13-20(25)15-8-6-5-7-9-15/h5-12H,13-14H2,1-4H3. The number of Topliss-reactive ketones (excluding diaryl/α,β-unsaturated/α-hetero) is 1. The van der Waals surface area contributed by atoms with E-state index in [-0.39, 0.29) is 23.7 Å². The number of benzene rings is 2. The van der Waals surface area contributed by atoms with Crippen LogP contribution in [0.25, 0.3) is 0 Å². The summed E-state index contributed by atoms with van der Waals surface area (Å²) in [7, 11) is 3.47. The van der Waals surface area contributed by atoms with Crippen LogP contribution in [0.4, 0.5) is 0 Å². The molecule has 0 N–H and O–H groups in total. The highest BCUT2D eigenvalue weighted by atomic mass is 16.2. The Morgan fingerprint density at radius 2 is 1.73 bits per heavy atom. The van der Waals surface area contributed by atoms with Crippen molar-refractivity contribution in [3.05, 3.63) is 70.8 Å². The fourth-order valence-corrected chi connectivity index (χ4v) is 3.33. The second kappa shape index (κ2) is 6.87. The summed E-state index contributed by atoms with van der Waals surface area (Å²) < 4.78 is 0. The number of carbonyl (C=O) groups excluding carboxylic acids is 2. The molecule has 1 heterocycles. The van der Waals surface area contributed by atoms with Crippen LogP contribution in [0.15, 0.2) is 53.5 Å². The van der Waals surface area contributed by atoms with Crippen molar-refractivity contribution in [1.29, 1.82) is 0 Å². The van der Waals surface area contributed by atoms with E-state index in [1.807, 2.05) is 48.5 Å². The van der Waals surface area contributed by atoms with E-state index in [2.05, 4.69) is 13.8 Å². The predicted molar refractivity (Wildman–Crippen MR) is 104 cm³/mol. The first-order valence-electron chi connectivity index (χ1n) is 8.79. The lowest BCUT2D eigenvalue weighted by Crippen LogP contribution is -2.30. The van der Waals surface area contributed by atoms with Crippen LogP contribution in [0.3, 0.4) is 0 Å². The minimum atomic E-state index is -0.258. The number of amides is 1. The number of ketones is 1. The smallest absolute Gasteiger partial charge is 0.253 e. The highest BCUT2D eigenvalue weighted by molar-refractivity contribution is 6.17. The third kappa shape index (κ3) is 3.74. The second-order valence-electron chi connectivity index (χ2n) is 7.59. The zero-order valence-electron chi connectivity index (χ0n) is 15.7. The molecular formula is C22H24N2O2. The Labute approximate surface area is 154 Å². The summed E-state index contributed by atoms with van der Waals surface area (Å²) in [4.78, 5) is 31.4. The van der Waals surface area contributed by atoms with Gasteiger partial charge in [-0.1, -0.05) is 36.4 Å². The summed E-state index contributed by atoms with van der Waals surface area (Å²) >= 11 is 0. The second-order valence-corrected chi connectivity index (χ2v) is 7.59. The molecule has 0 saturated heterocycles. The van der Waals surface area contributed by atoms with Gasteiger partial charge in [-0.2, -0.15) is 0 Å². The number of rotatable bonds is 4. The van der Waals surface area contributed by atoms with Crippen molar-refractivity contribution in [2.45, 2.75) is 32.2 Å². The molecule has 3 rings (SSSR count). The van der Waals surface area contributed by atoms with Crippen LogP contribution in [-0.2, 0) is 6.42 Å². The average molecular weight is 348 g/mol. The van der Waals surface area contributed by atoms with E-state index < -0.39 is 0 Å². The monoisotopic (exact) mass is 348 g/mol. The van der Waals surface area contributed by atoms with Crippen molar-refractivity contribution in [2.75, 3.05) is 14.1 Å². The van der Waals surface area contributed by atoms with Crippen LogP contribution in [0.5, 0.6) is 0 Å². The van der Waals surface area contributed by atoms with E-state index in [1.165, 1.54) is 0 Å². The molecule has 4 nitrogen and oxygen atoms in total. The maximum atomic E-state index is 12.7. The van der Waals surface area contributed by atoms with Gasteiger partial charge in [0.1, 0.15) is 0 Å². The summed E-state index contributed by atoms with van der Waals surface area (Å²) in [6, 6.07) is 15.0. The topological polar surface area (TPSA) is 49.7 Å². The third-order valence-electron chi connectivity index (χ3n) is 4.56. The zero-order valence-corrected chi connectivity index (χ0v) is 15.7. The lowest BCUT2D eigenvalue weighted by molar-refractivity contribution is 0.0827. The molecule has 26 heavy (non-hydrogen) atoms. The van der Waals surface area contributed by atoms with E-state index in [0.29, 0.717) is 11.1 Å². The largest absolute Gasteiger partial charge is 0.345 e. The molecule has 2 aromatic rings. The van der Waals surface area contributed by atoms with Crippen molar-refractivity contribution in [3.63, 3.8) is 0 Å². The molecule has 0 unspecified atom stereocenters. The average Bonchev–Trinajstić information content (AvgIpc) is 2.60. The first-order chi connectivity index (χ1) is 12.3. The molecule has 2 aromatic carbocycles. The van der Waals surface area contributed by atoms with Gasteiger partial charge < -0.3 is 4.90 Å². The summed E-state index contributed by atoms with van der Waals surface area (Å²) in [6.45, 7) is 4.14. The predicted octanol–water partition coefficient (Wildman–Crippen LogP) is 3.79. The van der Waals surface area contributed by atoms with Crippen LogP contribution >= 0.6 is 0 Å². The van der Waals surface area contributed by atoms with E-state index in [0.717, 1.165) is 23.3 Å². The highest BCUT2D eigenvalue weighted by Crippen LogP contribution is 2.29. The zero-order chi connectivity index (χ0) is 18.9. The van der Waals surface area contributed by atoms with Gasteiger partial charge in [-0.25, -0.2) is 0 Å². The van der Waals surface area contributed by atoms with Gasteiger partial charge >= 0.3 is 0 Å². The fourth-order valence-electron chi connectivity index (χ4n) is 3.33. The molecule has 0 fully saturated rings. The maximum absolute atomic E-state index is 12.7. The van der Waals surface area contributed by atoms with E-state index >= 15 is 0 Å². The van der Waals surface area contributed by atoms with Crippen LogP contribution in [-0.4, -0.2) is 41.9 Å². The van der Waals surface area contributed by atoms with Crippen molar-refractivity contribution in [1.82, 2.24) is 4.90 Å². The molecule has 0 aliphatic carbocycles. The number of hydrogen-bond donors (Lipinski definition) is 0. The fraction of sp³-hybridized carbons (Fsp3) is 0.318. The van der Waals surface area contributed by atoms with Gasteiger partial charge in [-0.3, -0.25) is 14.6 Å². The van der Waals surface area contributed by atoms with Gasteiger partial charge in [-0.05, 0) is 38.0 Å². The van der Waals surface area contributed by atoms with Crippen LogP contribution in [0.1, 0.15) is 52.1 Å². The van der Waals surface area contributed by atoms with Crippen LogP contribution < -0.4 is 0 Å². The minimum absolute atomic E-state index is 0.0392. The number of fused-ring (bicyclic) bond motifs is 1. The normalized spacial score (nSPS) is 15.0. The quantitative estimate of drug-likeness (QED) is 0.790. The van der Waals surface area contributed by atoms with Gasteiger partial charge in [0.2, 0.25) is 0 Å². The molecule has 1 aliphatic rings. The number of carbonyl (C=O) groups is 2. The van der Waals surface area contributed by atoms with Crippen molar-refractivity contribution in [3.8, 4) is 0 Å². The van der Waals surface area contributed by atoms with Gasteiger partial charge in [0.25, 0.3) is 5.91 Å². The summed E-state index contributed by atoms with van der Waals surface area (Å²) in [6.07, 6.45) is 1.03. The number of nitrogens with zero attached hydrogens (tertiary/aromatic N) is 2. The molecule has 134 valence electrons. The highest BCUT2D eigenvalue weighted by Gasteiger charge is 2.28. The Morgan fingerprint density at radius 1 is 1.04 bits per heavy atom. The molecular weight excluding hydrogens is 324 g/mol. The summed E-state index contributed by atoms with van der Waals surface area (Å²) in [5, 5.41) is 0. The molecule has 0 aromatic heterocycles. The molecule has 0 atom stereocenters. The Kier molecular flexibility index (Phi) is 4.77. The van der Waals surface area contributed by atoms with Crippen molar-refractivity contribution < 1.29 is 9.59 Å². The lowest BCUT2D eigenvalue weighted by Gasteiger charge is -2.29. The summed E-state index contributed by atoms with van der Waals surface area (Å²) in [5.41, 5.74) is 3.86. The SMILES string of the molecule is CN(C)C(=O)c1ccc2c(c1)C(CC(=O)c1ccccc1)=NC(C)(C)C2. The van der Waals surface area contributed by atoms with Gasteiger partial charge in [0.15, 0.2) is 5.78 Å². The Morgan fingerprint density at radius 3 is 2.38 bits per heavy atom. The maximum Gasteiger partial charge on any atom is 0.253 e. The van der Waals surface area contributed by atoms with Crippen LogP contribution in [0, 0.1) is 0 Å². The minimum Gasteiger partial charge on any atom is -0.345 e. The first kappa shape index (κ1) is 18.1. The molecule has 0 radical (unpaired) electrons. The van der Waals surface area contributed by atoms with Gasteiger partial charge in [0, 0.05) is 30.8 Å². The van der Waals surface area contributed by atoms with E-state index in [4.69, 9.17) is 4.99 Å².